The first-order valence-electron chi connectivity index (χ1n) is 12.8. The van der Waals surface area contributed by atoms with Crippen LogP contribution in [0.25, 0.3) is 10.9 Å². The second-order valence-electron chi connectivity index (χ2n) is 9.99. The van der Waals surface area contributed by atoms with Gasteiger partial charge in [0.15, 0.2) is 0 Å². The van der Waals surface area contributed by atoms with Gasteiger partial charge in [0.05, 0.1) is 23.3 Å². The summed E-state index contributed by atoms with van der Waals surface area (Å²) in [6.45, 7) is 5.72. The van der Waals surface area contributed by atoms with E-state index in [1.165, 1.54) is 18.4 Å². The SMILES string of the molecule is CCc1ccc2c3c1cc(C(=O)N[C@@H](Cc1ccccc1)[C@H](O)CNCC1CC1)n3C(C)CSN2. The number of amides is 1. The smallest absolute Gasteiger partial charge is 0.268 e. The van der Waals surface area contributed by atoms with Gasteiger partial charge in [-0.3, -0.25) is 4.79 Å². The Balaban J connectivity index is 1.44. The van der Waals surface area contributed by atoms with Gasteiger partial charge in [-0.05, 0) is 68.3 Å². The molecule has 0 saturated heterocycles. The van der Waals surface area contributed by atoms with Crippen LogP contribution in [0.1, 0.15) is 54.3 Å². The van der Waals surface area contributed by atoms with Crippen LogP contribution < -0.4 is 15.4 Å². The predicted octanol–water partition coefficient (Wildman–Crippen LogP) is 4.54. The molecule has 2 aromatic carbocycles. The zero-order chi connectivity index (χ0) is 24.4. The highest BCUT2D eigenvalue weighted by Crippen LogP contribution is 2.37. The summed E-state index contributed by atoms with van der Waals surface area (Å²) in [5, 5.41) is 18.8. The maximum atomic E-state index is 13.8. The maximum Gasteiger partial charge on any atom is 0.268 e. The van der Waals surface area contributed by atoms with E-state index in [4.69, 9.17) is 0 Å². The van der Waals surface area contributed by atoms with Gasteiger partial charge < -0.3 is 25.0 Å². The van der Waals surface area contributed by atoms with Crippen LogP contribution in [0.15, 0.2) is 48.5 Å². The highest BCUT2D eigenvalue weighted by Gasteiger charge is 2.29. The van der Waals surface area contributed by atoms with E-state index in [9.17, 15) is 9.90 Å². The normalized spacial score (nSPS) is 19.1. The summed E-state index contributed by atoms with van der Waals surface area (Å²) in [6.07, 6.45) is 3.35. The highest BCUT2D eigenvalue weighted by atomic mass is 32.2. The Morgan fingerprint density at radius 1 is 1.23 bits per heavy atom. The number of aliphatic hydroxyl groups excluding tert-OH is 1. The second-order valence-corrected chi connectivity index (χ2v) is 10.8. The number of carbonyl (C=O) groups is 1. The summed E-state index contributed by atoms with van der Waals surface area (Å²) in [4.78, 5) is 13.8. The van der Waals surface area contributed by atoms with Crippen LogP contribution in [0.5, 0.6) is 0 Å². The second kappa shape index (κ2) is 10.6. The number of nitrogens with one attached hydrogen (secondary N) is 3. The van der Waals surface area contributed by atoms with Gasteiger partial charge in [0.1, 0.15) is 5.69 Å². The van der Waals surface area contributed by atoms with Crippen LogP contribution in [0.2, 0.25) is 0 Å². The molecule has 1 saturated carbocycles. The molecule has 1 fully saturated rings. The van der Waals surface area contributed by atoms with Gasteiger partial charge in [-0.25, -0.2) is 0 Å². The zero-order valence-corrected chi connectivity index (χ0v) is 21.4. The Morgan fingerprint density at radius 3 is 2.77 bits per heavy atom. The first-order valence-corrected chi connectivity index (χ1v) is 13.8. The first kappa shape index (κ1) is 24.2. The lowest BCUT2D eigenvalue weighted by Gasteiger charge is -2.26. The number of rotatable bonds is 10. The molecule has 2 heterocycles. The third-order valence-electron chi connectivity index (χ3n) is 7.21. The molecule has 3 aromatic rings. The van der Waals surface area contributed by atoms with E-state index < -0.39 is 6.10 Å². The Hall–Kier alpha value is -2.48. The largest absolute Gasteiger partial charge is 0.390 e. The third-order valence-corrected chi connectivity index (χ3v) is 8.23. The lowest BCUT2D eigenvalue weighted by molar-refractivity contribution is 0.0821. The van der Waals surface area contributed by atoms with E-state index in [-0.39, 0.29) is 18.0 Å². The van der Waals surface area contributed by atoms with Crippen molar-refractivity contribution in [1.82, 2.24) is 15.2 Å². The lowest BCUT2D eigenvalue weighted by atomic mass is 10.0. The van der Waals surface area contributed by atoms with Crippen molar-refractivity contribution < 1.29 is 9.90 Å². The minimum Gasteiger partial charge on any atom is -0.390 e. The van der Waals surface area contributed by atoms with Crippen molar-refractivity contribution in [2.75, 3.05) is 23.6 Å². The molecular weight excluding hydrogens is 456 g/mol. The van der Waals surface area contributed by atoms with E-state index in [1.807, 2.05) is 36.4 Å². The van der Waals surface area contributed by atoms with Crippen molar-refractivity contribution >= 4 is 34.4 Å². The van der Waals surface area contributed by atoms with Crippen molar-refractivity contribution in [3.63, 3.8) is 0 Å². The Morgan fingerprint density at radius 2 is 2.03 bits per heavy atom. The van der Waals surface area contributed by atoms with Crippen LogP contribution in [-0.2, 0) is 12.8 Å². The van der Waals surface area contributed by atoms with Crippen LogP contribution in [0.4, 0.5) is 5.69 Å². The fourth-order valence-corrected chi connectivity index (χ4v) is 5.82. The van der Waals surface area contributed by atoms with E-state index >= 15 is 0 Å². The molecule has 1 unspecified atom stereocenters. The Kier molecular flexibility index (Phi) is 7.37. The Bertz CT molecular complexity index is 1170. The van der Waals surface area contributed by atoms with Crippen LogP contribution in [-0.4, -0.2) is 46.6 Å². The number of benzene rings is 2. The standard InChI is InChI=1S/C28H36N4O2S/c1-3-21-11-12-23-27-22(21)14-25(32(27)18(2)17-35-31-23)28(34)30-24(13-19-7-5-4-6-8-19)26(33)16-29-15-20-9-10-20/h4-8,11-12,14,18,20,24,26,29,31,33H,3,9-10,13,15-17H2,1-2H3,(H,30,34)/t18?,24-,26+/m0/s1. The summed E-state index contributed by atoms with van der Waals surface area (Å²) < 4.78 is 5.65. The highest BCUT2D eigenvalue weighted by molar-refractivity contribution is 8.00. The van der Waals surface area contributed by atoms with Crippen LogP contribution in [0.3, 0.4) is 0 Å². The molecule has 1 amide bonds. The molecule has 1 aliphatic carbocycles. The Labute approximate surface area is 212 Å². The summed E-state index contributed by atoms with van der Waals surface area (Å²) in [6, 6.07) is 16.2. The molecule has 5 rings (SSSR count). The van der Waals surface area contributed by atoms with E-state index in [1.54, 1.807) is 11.9 Å². The number of aryl methyl sites for hydroxylation is 1. The number of aliphatic hydroxyl groups is 1. The van der Waals surface area contributed by atoms with Crippen LogP contribution in [0, 0.1) is 5.92 Å². The molecule has 0 radical (unpaired) electrons. The number of anilines is 1. The molecule has 0 bridgehead atoms. The minimum absolute atomic E-state index is 0.130. The molecule has 6 nitrogen and oxygen atoms in total. The molecule has 7 heteroatoms. The number of carbonyl (C=O) groups excluding carboxylic acids is 1. The molecule has 3 atom stereocenters. The molecule has 2 aliphatic rings. The quantitative estimate of drug-likeness (QED) is 0.313. The van der Waals surface area contributed by atoms with E-state index in [0.717, 1.165) is 46.8 Å². The monoisotopic (exact) mass is 492 g/mol. The average Bonchev–Trinajstić information content (AvgIpc) is 3.62. The van der Waals surface area contributed by atoms with E-state index in [0.29, 0.717) is 18.7 Å². The summed E-state index contributed by atoms with van der Waals surface area (Å²) in [5.74, 6) is 1.47. The number of nitrogens with zero attached hydrogens (tertiary/aromatic N) is 1. The number of hydrogen-bond donors (Lipinski definition) is 4. The van der Waals surface area contributed by atoms with Gasteiger partial charge in [-0.2, -0.15) is 0 Å². The fraction of sp³-hybridized carbons (Fsp3) is 0.464. The maximum absolute atomic E-state index is 13.8. The van der Waals surface area contributed by atoms with Crippen molar-refractivity contribution in [2.24, 2.45) is 5.92 Å². The van der Waals surface area contributed by atoms with Crippen molar-refractivity contribution in [2.45, 2.75) is 57.7 Å². The summed E-state index contributed by atoms with van der Waals surface area (Å²) >= 11 is 1.68. The van der Waals surface area contributed by atoms with Crippen LogP contribution >= 0.6 is 11.9 Å². The molecule has 35 heavy (non-hydrogen) atoms. The van der Waals surface area contributed by atoms with Gasteiger partial charge in [0, 0.05) is 23.7 Å². The van der Waals surface area contributed by atoms with Gasteiger partial charge >= 0.3 is 0 Å². The first-order chi connectivity index (χ1) is 17.0. The third kappa shape index (κ3) is 5.37. The molecule has 186 valence electrons. The summed E-state index contributed by atoms with van der Waals surface area (Å²) in [5.41, 5.74) is 5.15. The minimum atomic E-state index is -0.678. The zero-order valence-electron chi connectivity index (χ0n) is 20.6. The molecule has 4 N–H and O–H groups in total. The molecule has 1 aliphatic heterocycles. The van der Waals surface area contributed by atoms with Gasteiger partial charge in [-0.15, -0.1) is 0 Å². The van der Waals surface area contributed by atoms with Gasteiger partial charge in [0.25, 0.3) is 5.91 Å². The number of hydrogen-bond acceptors (Lipinski definition) is 5. The number of aromatic nitrogens is 1. The topological polar surface area (TPSA) is 78.3 Å². The lowest BCUT2D eigenvalue weighted by Crippen LogP contribution is -2.49. The average molecular weight is 493 g/mol. The summed E-state index contributed by atoms with van der Waals surface area (Å²) in [7, 11) is 0. The fourth-order valence-electron chi connectivity index (χ4n) is 5.03. The van der Waals surface area contributed by atoms with Crippen molar-refractivity contribution in [3.05, 3.63) is 65.4 Å². The van der Waals surface area contributed by atoms with E-state index in [2.05, 4.69) is 45.9 Å². The van der Waals surface area contributed by atoms with Gasteiger partial charge in [-0.1, -0.05) is 55.3 Å². The van der Waals surface area contributed by atoms with Crippen molar-refractivity contribution in [3.8, 4) is 0 Å². The molecule has 1 aromatic heterocycles. The van der Waals surface area contributed by atoms with Crippen molar-refractivity contribution in [1.29, 1.82) is 0 Å². The van der Waals surface area contributed by atoms with Gasteiger partial charge in [0.2, 0.25) is 0 Å². The molecular formula is C28H36N4O2S. The molecule has 0 spiro atoms. The predicted molar refractivity (Wildman–Crippen MR) is 145 cm³/mol.